The number of rotatable bonds is 4. The quantitative estimate of drug-likeness (QED) is 0.859. The van der Waals surface area contributed by atoms with E-state index in [0.29, 0.717) is 12.6 Å². The summed E-state index contributed by atoms with van der Waals surface area (Å²) in [6.07, 6.45) is 3.68. The van der Waals surface area contributed by atoms with Gasteiger partial charge in [-0.2, -0.15) is 0 Å². The van der Waals surface area contributed by atoms with Gasteiger partial charge in [0.1, 0.15) is 5.75 Å². The summed E-state index contributed by atoms with van der Waals surface area (Å²) < 4.78 is 5.54. The Kier molecular flexibility index (Phi) is 2.81. The molecule has 1 aromatic carbocycles. The van der Waals surface area contributed by atoms with Crippen molar-refractivity contribution in [3.8, 4) is 5.75 Å². The molecule has 3 rings (SSSR count). The van der Waals surface area contributed by atoms with Crippen LogP contribution < -0.4 is 10.5 Å². The van der Waals surface area contributed by atoms with E-state index in [-0.39, 0.29) is 0 Å². The lowest BCUT2D eigenvalue weighted by molar-refractivity contribution is 0.240. The molecule has 2 N–H and O–H groups in total. The lowest BCUT2D eigenvalue weighted by atomic mass is 10.0. The molecular weight excluding hydrogens is 212 g/mol. The van der Waals surface area contributed by atoms with Crippen LogP contribution in [0.25, 0.3) is 0 Å². The number of fused-ring (bicyclic) bond motifs is 1. The minimum Gasteiger partial charge on any atom is -0.493 e. The molecule has 1 aromatic rings. The molecule has 1 aliphatic carbocycles. The van der Waals surface area contributed by atoms with E-state index in [2.05, 4.69) is 30.1 Å². The zero-order valence-corrected chi connectivity index (χ0v) is 10.4. The van der Waals surface area contributed by atoms with Gasteiger partial charge >= 0.3 is 0 Å². The van der Waals surface area contributed by atoms with Crippen LogP contribution in [-0.2, 0) is 6.42 Å². The summed E-state index contributed by atoms with van der Waals surface area (Å²) in [5.41, 5.74) is 8.62. The highest BCUT2D eigenvalue weighted by Gasteiger charge is 2.31. The monoisotopic (exact) mass is 232 g/mol. The molecule has 17 heavy (non-hydrogen) atoms. The van der Waals surface area contributed by atoms with Gasteiger partial charge in [-0.05, 0) is 37.1 Å². The molecule has 1 unspecified atom stereocenters. The van der Waals surface area contributed by atoms with Gasteiger partial charge in [-0.15, -0.1) is 0 Å². The molecule has 1 aliphatic heterocycles. The van der Waals surface area contributed by atoms with Gasteiger partial charge < -0.3 is 10.5 Å². The van der Waals surface area contributed by atoms with Gasteiger partial charge in [-0.3, -0.25) is 4.90 Å². The molecule has 2 aliphatic rings. The third-order valence-electron chi connectivity index (χ3n) is 3.94. The van der Waals surface area contributed by atoms with Gasteiger partial charge in [0, 0.05) is 25.0 Å². The van der Waals surface area contributed by atoms with Crippen LogP contribution in [0, 0.1) is 0 Å². The fraction of sp³-hybridized carbons (Fsp3) is 0.571. The number of hydrogen-bond donors (Lipinski definition) is 1. The third-order valence-corrected chi connectivity index (χ3v) is 3.94. The maximum atomic E-state index is 5.94. The second-order valence-corrected chi connectivity index (χ2v) is 5.11. The van der Waals surface area contributed by atoms with Crippen molar-refractivity contribution in [2.75, 3.05) is 20.2 Å². The first-order valence-corrected chi connectivity index (χ1v) is 6.47. The van der Waals surface area contributed by atoms with Gasteiger partial charge in [-0.25, -0.2) is 0 Å². The maximum absolute atomic E-state index is 5.94. The zero-order chi connectivity index (χ0) is 11.8. The number of nitrogens with zero attached hydrogens (tertiary/aromatic N) is 1. The average Bonchev–Trinajstić information content (AvgIpc) is 3.09. The van der Waals surface area contributed by atoms with Crippen LogP contribution in [0.3, 0.4) is 0 Å². The highest BCUT2D eigenvalue weighted by molar-refractivity contribution is 5.41. The van der Waals surface area contributed by atoms with E-state index >= 15 is 0 Å². The predicted molar refractivity (Wildman–Crippen MR) is 68.2 cm³/mol. The summed E-state index contributed by atoms with van der Waals surface area (Å²) in [4.78, 5) is 2.43. The van der Waals surface area contributed by atoms with Crippen LogP contribution in [0.1, 0.15) is 30.0 Å². The normalized spacial score (nSPS) is 20.2. The molecule has 1 saturated carbocycles. The Bertz CT molecular complexity index is 415. The van der Waals surface area contributed by atoms with E-state index in [1.165, 1.54) is 24.0 Å². The average molecular weight is 232 g/mol. The molecule has 0 aromatic heterocycles. The van der Waals surface area contributed by atoms with Crippen molar-refractivity contribution in [1.82, 2.24) is 4.90 Å². The van der Waals surface area contributed by atoms with Gasteiger partial charge in [-0.1, -0.05) is 12.1 Å². The van der Waals surface area contributed by atoms with E-state index < -0.39 is 0 Å². The second kappa shape index (κ2) is 4.31. The van der Waals surface area contributed by atoms with Crippen LogP contribution in [0.15, 0.2) is 18.2 Å². The highest BCUT2D eigenvalue weighted by Crippen LogP contribution is 2.34. The van der Waals surface area contributed by atoms with Crippen molar-refractivity contribution >= 4 is 0 Å². The maximum Gasteiger partial charge on any atom is 0.122 e. The summed E-state index contributed by atoms with van der Waals surface area (Å²) in [5, 5.41) is 0. The van der Waals surface area contributed by atoms with Crippen molar-refractivity contribution in [3.63, 3.8) is 0 Å². The Morgan fingerprint density at radius 3 is 3.00 bits per heavy atom. The molecule has 1 fully saturated rings. The zero-order valence-electron chi connectivity index (χ0n) is 10.4. The van der Waals surface area contributed by atoms with Gasteiger partial charge in [0.2, 0.25) is 0 Å². The van der Waals surface area contributed by atoms with Crippen molar-refractivity contribution in [2.24, 2.45) is 5.73 Å². The summed E-state index contributed by atoms with van der Waals surface area (Å²) >= 11 is 0. The van der Waals surface area contributed by atoms with E-state index in [1.54, 1.807) is 0 Å². The van der Waals surface area contributed by atoms with Gasteiger partial charge in [0.15, 0.2) is 0 Å². The van der Waals surface area contributed by atoms with E-state index in [4.69, 9.17) is 10.5 Å². The molecule has 0 radical (unpaired) electrons. The minimum absolute atomic E-state index is 0.355. The Balaban J connectivity index is 1.85. The Morgan fingerprint density at radius 2 is 2.29 bits per heavy atom. The third kappa shape index (κ3) is 2.05. The fourth-order valence-electron chi connectivity index (χ4n) is 2.69. The molecule has 0 spiro atoms. The standard InChI is InChI=1S/C14H20N2O/c1-16(12-3-4-12)13(9-15)10-2-5-14-11(8-10)6-7-17-14/h2,5,8,12-13H,3-4,6-7,9,15H2,1H3. The lowest BCUT2D eigenvalue weighted by Gasteiger charge is -2.27. The Labute approximate surface area is 103 Å². The Morgan fingerprint density at radius 1 is 1.47 bits per heavy atom. The topological polar surface area (TPSA) is 38.5 Å². The van der Waals surface area contributed by atoms with Gasteiger partial charge in [0.25, 0.3) is 0 Å². The predicted octanol–water partition coefficient (Wildman–Crippen LogP) is 1.72. The molecule has 3 nitrogen and oxygen atoms in total. The molecule has 0 bridgehead atoms. The number of likely N-dealkylation sites (N-methyl/N-ethyl adjacent to an activating group) is 1. The Hall–Kier alpha value is -1.06. The van der Waals surface area contributed by atoms with Crippen LogP contribution in [0.5, 0.6) is 5.75 Å². The van der Waals surface area contributed by atoms with Crippen LogP contribution in [0.2, 0.25) is 0 Å². The molecule has 92 valence electrons. The highest BCUT2D eigenvalue weighted by atomic mass is 16.5. The summed E-state index contributed by atoms with van der Waals surface area (Å²) in [5.74, 6) is 1.05. The van der Waals surface area contributed by atoms with Crippen LogP contribution in [0.4, 0.5) is 0 Å². The van der Waals surface area contributed by atoms with Crippen molar-refractivity contribution in [2.45, 2.75) is 31.3 Å². The van der Waals surface area contributed by atoms with Crippen molar-refractivity contribution < 1.29 is 4.74 Å². The molecule has 0 saturated heterocycles. The van der Waals surface area contributed by atoms with Crippen LogP contribution in [-0.4, -0.2) is 31.1 Å². The fourth-order valence-corrected chi connectivity index (χ4v) is 2.69. The largest absolute Gasteiger partial charge is 0.493 e. The SMILES string of the molecule is CN(C1CC1)C(CN)c1ccc2c(c1)CCO2. The number of benzene rings is 1. The second-order valence-electron chi connectivity index (χ2n) is 5.11. The van der Waals surface area contributed by atoms with Crippen molar-refractivity contribution in [1.29, 1.82) is 0 Å². The first-order valence-electron chi connectivity index (χ1n) is 6.47. The molecular formula is C14H20N2O. The number of hydrogen-bond acceptors (Lipinski definition) is 3. The molecule has 3 heteroatoms. The van der Waals surface area contributed by atoms with E-state index in [1.807, 2.05) is 0 Å². The van der Waals surface area contributed by atoms with E-state index in [9.17, 15) is 0 Å². The number of nitrogens with two attached hydrogens (primary N) is 1. The van der Waals surface area contributed by atoms with Gasteiger partial charge in [0.05, 0.1) is 6.61 Å². The summed E-state index contributed by atoms with van der Waals surface area (Å²) in [6, 6.07) is 7.64. The minimum atomic E-state index is 0.355. The summed E-state index contributed by atoms with van der Waals surface area (Å²) in [7, 11) is 2.19. The first kappa shape index (κ1) is 11.1. The smallest absolute Gasteiger partial charge is 0.122 e. The first-order chi connectivity index (χ1) is 8.29. The van der Waals surface area contributed by atoms with E-state index in [0.717, 1.165) is 24.8 Å². The molecule has 0 amide bonds. The number of ether oxygens (including phenoxy) is 1. The lowest BCUT2D eigenvalue weighted by Crippen LogP contribution is -2.32. The molecule has 1 atom stereocenters. The van der Waals surface area contributed by atoms with Crippen LogP contribution >= 0.6 is 0 Å². The summed E-state index contributed by atoms with van der Waals surface area (Å²) in [6.45, 7) is 1.51. The molecule has 1 heterocycles. The van der Waals surface area contributed by atoms with Crippen molar-refractivity contribution in [3.05, 3.63) is 29.3 Å².